The van der Waals surface area contributed by atoms with Gasteiger partial charge in [-0.1, -0.05) is 30.3 Å². The van der Waals surface area contributed by atoms with Crippen LogP contribution in [0.15, 0.2) is 35.5 Å². The molecule has 0 aliphatic heterocycles. The normalized spacial score (nSPS) is 10.3. The first-order valence-electron chi connectivity index (χ1n) is 3.58. The van der Waals surface area contributed by atoms with Gasteiger partial charge in [-0.15, -0.1) is 5.16 Å². The summed E-state index contributed by atoms with van der Waals surface area (Å²) >= 11 is 0. The number of rotatable bonds is 3. The number of hydrogen-bond acceptors (Lipinski definition) is 3. The van der Waals surface area contributed by atoms with Gasteiger partial charge in [-0.2, -0.15) is 0 Å². The Balaban J connectivity index is 2.66. The molecule has 0 bridgehead atoms. The Hall–Kier alpha value is -1.64. The molecule has 0 saturated heterocycles. The Bertz CT molecular complexity index is 280. The third-order valence-electron chi connectivity index (χ3n) is 1.45. The Labute approximate surface area is 70.3 Å². The molecule has 1 aromatic carbocycles. The van der Waals surface area contributed by atoms with E-state index in [0.717, 1.165) is 0 Å². The van der Waals surface area contributed by atoms with E-state index in [1.165, 1.54) is 6.21 Å². The predicted octanol–water partition coefficient (Wildman–Crippen LogP) is 1.72. The van der Waals surface area contributed by atoms with Crippen LogP contribution in [0.4, 0.5) is 0 Å². The lowest BCUT2D eigenvalue weighted by Crippen LogP contribution is -1.98. The maximum absolute atomic E-state index is 11.2. The maximum atomic E-state index is 11.2. The summed E-state index contributed by atoms with van der Waals surface area (Å²) in [5.74, 6) is -0.0478. The molecule has 0 fully saturated rings. The first-order valence-corrected chi connectivity index (χ1v) is 3.58. The zero-order valence-corrected chi connectivity index (χ0v) is 6.47. The number of hydrogen-bond donors (Lipinski definition) is 1. The smallest absolute Gasteiger partial charge is 0.168 e. The molecule has 12 heavy (non-hydrogen) atoms. The highest BCUT2D eigenvalue weighted by Gasteiger charge is 2.01. The summed E-state index contributed by atoms with van der Waals surface area (Å²) in [4.78, 5) is 11.2. The van der Waals surface area contributed by atoms with Crippen molar-refractivity contribution in [1.29, 1.82) is 0 Å². The molecule has 0 unspecified atom stereocenters. The van der Waals surface area contributed by atoms with Crippen molar-refractivity contribution >= 4 is 12.0 Å². The molecule has 0 heterocycles. The van der Waals surface area contributed by atoms with E-state index in [1.54, 1.807) is 24.3 Å². The lowest BCUT2D eigenvalue weighted by molar-refractivity contribution is 0.100. The molecule has 0 amide bonds. The van der Waals surface area contributed by atoms with E-state index in [4.69, 9.17) is 5.21 Å². The lowest BCUT2D eigenvalue weighted by Gasteiger charge is -1.94. The predicted molar refractivity (Wildman–Crippen MR) is 45.7 cm³/mol. The quantitative estimate of drug-likeness (QED) is 0.319. The first-order chi connectivity index (χ1) is 5.84. The number of ketones is 1. The van der Waals surface area contributed by atoms with Crippen molar-refractivity contribution in [2.24, 2.45) is 5.16 Å². The number of carbonyl (C=O) groups is 1. The zero-order chi connectivity index (χ0) is 8.81. The monoisotopic (exact) mass is 163 g/mol. The highest BCUT2D eigenvalue weighted by atomic mass is 16.4. The summed E-state index contributed by atoms with van der Waals surface area (Å²) in [7, 11) is 0. The molecule has 1 N–H and O–H groups in total. The van der Waals surface area contributed by atoms with Gasteiger partial charge in [-0.25, -0.2) is 0 Å². The SMILES string of the molecule is O=C(C/C=N/O)c1ccccc1. The van der Waals surface area contributed by atoms with E-state index < -0.39 is 0 Å². The van der Waals surface area contributed by atoms with Crippen molar-refractivity contribution in [3.63, 3.8) is 0 Å². The molecular formula is C9H9NO2. The minimum absolute atomic E-state index is 0.0478. The molecule has 0 spiro atoms. The van der Waals surface area contributed by atoms with E-state index in [1.807, 2.05) is 6.07 Å². The second-order valence-corrected chi connectivity index (χ2v) is 2.29. The van der Waals surface area contributed by atoms with Crippen LogP contribution >= 0.6 is 0 Å². The fourth-order valence-electron chi connectivity index (χ4n) is 0.866. The van der Waals surface area contributed by atoms with E-state index in [9.17, 15) is 4.79 Å². The van der Waals surface area contributed by atoms with Gasteiger partial charge < -0.3 is 5.21 Å². The second-order valence-electron chi connectivity index (χ2n) is 2.29. The van der Waals surface area contributed by atoms with Crippen molar-refractivity contribution in [3.8, 4) is 0 Å². The van der Waals surface area contributed by atoms with Crippen molar-refractivity contribution in [2.45, 2.75) is 6.42 Å². The lowest BCUT2D eigenvalue weighted by atomic mass is 10.1. The average Bonchev–Trinajstić information content (AvgIpc) is 2.15. The van der Waals surface area contributed by atoms with Crippen LogP contribution in [0.25, 0.3) is 0 Å². The Morgan fingerprint density at radius 2 is 2.08 bits per heavy atom. The number of Topliss-reactive ketones (excluding diaryl/α,β-unsaturated/α-hetero) is 1. The summed E-state index contributed by atoms with van der Waals surface area (Å²) in [5.41, 5.74) is 0.636. The molecule has 3 heteroatoms. The Morgan fingerprint density at radius 1 is 1.42 bits per heavy atom. The third kappa shape index (κ3) is 2.20. The van der Waals surface area contributed by atoms with Gasteiger partial charge in [0.15, 0.2) is 5.78 Å². The minimum Gasteiger partial charge on any atom is -0.411 e. The van der Waals surface area contributed by atoms with Crippen LogP contribution in [-0.2, 0) is 0 Å². The molecule has 1 aromatic rings. The molecule has 3 nitrogen and oxygen atoms in total. The van der Waals surface area contributed by atoms with Crippen LogP contribution in [0.5, 0.6) is 0 Å². The summed E-state index contributed by atoms with van der Waals surface area (Å²) < 4.78 is 0. The van der Waals surface area contributed by atoms with Crippen molar-refractivity contribution in [2.75, 3.05) is 0 Å². The van der Waals surface area contributed by atoms with Crippen LogP contribution in [-0.4, -0.2) is 17.2 Å². The zero-order valence-electron chi connectivity index (χ0n) is 6.47. The number of benzene rings is 1. The topological polar surface area (TPSA) is 49.7 Å². The second kappa shape index (κ2) is 4.28. The van der Waals surface area contributed by atoms with E-state index in [-0.39, 0.29) is 12.2 Å². The van der Waals surface area contributed by atoms with Crippen molar-refractivity contribution < 1.29 is 10.0 Å². The summed E-state index contributed by atoms with van der Waals surface area (Å²) in [5, 5.41) is 10.8. The van der Waals surface area contributed by atoms with Gasteiger partial charge in [0.05, 0.1) is 6.21 Å². The van der Waals surface area contributed by atoms with Crippen LogP contribution in [0.2, 0.25) is 0 Å². The number of oxime groups is 1. The molecule has 0 saturated carbocycles. The maximum Gasteiger partial charge on any atom is 0.168 e. The van der Waals surface area contributed by atoms with Gasteiger partial charge in [0.25, 0.3) is 0 Å². The van der Waals surface area contributed by atoms with E-state index in [0.29, 0.717) is 5.56 Å². The number of nitrogens with zero attached hydrogens (tertiary/aromatic N) is 1. The molecule has 62 valence electrons. The van der Waals surface area contributed by atoms with Gasteiger partial charge in [0.2, 0.25) is 0 Å². The highest BCUT2D eigenvalue weighted by Crippen LogP contribution is 2.01. The molecule has 0 aliphatic rings. The highest BCUT2D eigenvalue weighted by molar-refractivity contribution is 6.03. The fraction of sp³-hybridized carbons (Fsp3) is 0.111. The summed E-state index contributed by atoms with van der Waals surface area (Å²) in [6, 6.07) is 8.89. The molecule has 1 rings (SSSR count). The molecule has 0 atom stereocenters. The van der Waals surface area contributed by atoms with Gasteiger partial charge >= 0.3 is 0 Å². The average molecular weight is 163 g/mol. The van der Waals surface area contributed by atoms with E-state index >= 15 is 0 Å². The summed E-state index contributed by atoms with van der Waals surface area (Å²) in [6.07, 6.45) is 1.32. The Morgan fingerprint density at radius 3 is 2.67 bits per heavy atom. The largest absolute Gasteiger partial charge is 0.411 e. The molecule has 0 radical (unpaired) electrons. The fourth-order valence-corrected chi connectivity index (χ4v) is 0.866. The molecule has 0 aromatic heterocycles. The molecule has 0 aliphatic carbocycles. The standard InChI is InChI=1S/C9H9NO2/c11-9(6-7-10-12)8-4-2-1-3-5-8/h1-5,7,12H,6H2/b10-7+. The molecular weight excluding hydrogens is 154 g/mol. The first kappa shape index (κ1) is 8.46. The van der Waals surface area contributed by atoms with Gasteiger partial charge in [0, 0.05) is 12.0 Å². The van der Waals surface area contributed by atoms with Crippen molar-refractivity contribution in [3.05, 3.63) is 35.9 Å². The third-order valence-corrected chi connectivity index (χ3v) is 1.45. The van der Waals surface area contributed by atoms with Gasteiger partial charge in [-0.05, 0) is 0 Å². The van der Waals surface area contributed by atoms with Crippen LogP contribution in [0.1, 0.15) is 16.8 Å². The van der Waals surface area contributed by atoms with Gasteiger partial charge in [-0.3, -0.25) is 4.79 Å². The van der Waals surface area contributed by atoms with E-state index in [2.05, 4.69) is 5.16 Å². The number of carbonyl (C=O) groups excluding carboxylic acids is 1. The Kier molecular flexibility index (Phi) is 3.02. The van der Waals surface area contributed by atoms with Crippen LogP contribution in [0, 0.1) is 0 Å². The minimum atomic E-state index is -0.0478. The van der Waals surface area contributed by atoms with Crippen LogP contribution < -0.4 is 0 Å². The summed E-state index contributed by atoms with van der Waals surface area (Å²) in [6.45, 7) is 0. The van der Waals surface area contributed by atoms with Crippen LogP contribution in [0.3, 0.4) is 0 Å². The van der Waals surface area contributed by atoms with Crippen molar-refractivity contribution in [1.82, 2.24) is 0 Å². The van der Waals surface area contributed by atoms with Gasteiger partial charge in [0.1, 0.15) is 0 Å².